The van der Waals surface area contributed by atoms with Crippen LogP contribution < -0.4 is 10.9 Å². The van der Waals surface area contributed by atoms with Crippen LogP contribution in [0.5, 0.6) is 0 Å². The molecule has 2 aliphatic rings. The maximum Gasteiger partial charge on any atom is 0.267 e. The van der Waals surface area contributed by atoms with Crippen molar-refractivity contribution < 1.29 is 14.6 Å². The SMILES string of the molecule is Cc1ccc2nc(NCCCO)c(/C=C3/SC(=S)N(C[C@H]4CCCO4)C3=O)c(=O)n2c1. The van der Waals surface area contributed by atoms with Gasteiger partial charge in [0.2, 0.25) is 0 Å². The smallest absolute Gasteiger partial charge is 0.267 e. The first-order valence-electron chi connectivity index (χ1n) is 10.2. The number of aliphatic hydroxyl groups excluding tert-OH is 1. The Hall–Kier alpha value is -2.27. The van der Waals surface area contributed by atoms with Crippen LogP contribution in [0.3, 0.4) is 0 Å². The molecular formula is C21H24N4O4S2. The predicted octanol–water partition coefficient (Wildman–Crippen LogP) is 2.18. The third-order valence-electron chi connectivity index (χ3n) is 5.19. The van der Waals surface area contributed by atoms with Gasteiger partial charge in [0.25, 0.3) is 11.5 Å². The third-order valence-corrected chi connectivity index (χ3v) is 6.57. The Bertz CT molecular complexity index is 1110. The Balaban J connectivity index is 1.71. The van der Waals surface area contributed by atoms with Crippen molar-refractivity contribution in [3.63, 3.8) is 0 Å². The van der Waals surface area contributed by atoms with E-state index in [-0.39, 0.29) is 24.2 Å². The van der Waals surface area contributed by atoms with E-state index in [1.807, 2.05) is 13.0 Å². The highest BCUT2D eigenvalue weighted by molar-refractivity contribution is 8.26. The van der Waals surface area contributed by atoms with Crippen LogP contribution in [0.1, 0.15) is 30.4 Å². The standard InChI is InChI=1S/C21H24N4O4S2/c1-13-5-6-17-23-18(22-7-3-8-26)15(19(27)24(17)11-13)10-16-20(28)25(21(30)31-16)12-14-4-2-9-29-14/h5-6,10-11,14,22,26H,2-4,7-9,12H2,1H3/b16-10+/t14-/m1/s1. The molecule has 4 heterocycles. The first-order chi connectivity index (χ1) is 15.0. The van der Waals surface area contributed by atoms with Gasteiger partial charge in [0.1, 0.15) is 15.8 Å². The number of thioether (sulfide) groups is 1. The normalized spacial score (nSPS) is 20.4. The van der Waals surface area contributed by atoms with Crippen LogP contribution in [0.15, 0.2) is 28.0 Å². The van der Waals surface area contributed by atoms with Crippen LogP contribution >= 0.6 is 24.0 Å². The molecule has 0 unspecified atom stereocenters. The first-order valence-corrected chi connectivity index (χ1v) is 11.4. The van der Waals surface area contributed by atoms with Gasteiger partial charge in [-0.05, 0) is 43.9 Å². The Kier molecular flexibility index (Phi) is 6.71. The van der Waals surface area contributed by atoms with Gasteiger partial charge in [-0.1, -0.05) is 30.0 Å². The molecule has 0 aromatic carbocycles. The van der Waals surface area contributed by atoms with Gasteiger partial charge >= 0.3 is 0 Å². The van der Waals surface area contributed by atoms with Crippen LogP contribution in [0.4, 0.5) is 5.82 Å². The molecule has 164 valence electrons. The lowest BCUT2D eigenvalue weighted by Gasteiger charge is -2.18. The summed E-state index contributed by atoms with van der Waals surface area (Å²) >= 11 is 6.60. The van der Waals surface area contributed by atoms with Gasteiger partial charge in [-0.15, -0.1) is 0 Å². The molecular weight excluding hydrogens is 436 g/mol. The highest BCUT2D eigenvalue weighted by atomic mass is 32.2. The summed E-state index contributed by atoms with van der Waals surface area (Å²) in [6, 6.07) is 3.66. The largest absolute Gasteiger partial charge is 0.396 e. The number of nitrogens with one attached hydrogen (secondary N) is 1. The van der Waals surface area contributed by atoms with E-state index in [1.54, 1.807) is 23.2 Å². The number of hydrogen-bond donors (Lipinski definition) is 2. The van der Waals surface area contributed by atoms with E-state index in [9.17, 15) is 9.59 Å². The number of hydrogen-bond acceptors (Lipinski definition) is 8. The molecule has 0 aliphatic carbocycles. The molecule has 4 rings (SSSR count). The zero-order valence-corrected chi connectivity index (χ0v) is 18.8. The summed E-state index contributed by atoms with van der Waals surface area (Å²) in [5.74, 6) is 0.159. The Labute approximate surface area is 189 Å². The van der Waals surface area contributed by atoms with Crippen molar-refractivity contribution in [3.8, 4) is 0 Å². The van der Waals surface area contributed by atoms with Gasteiger partial charge in [0.15, 0.2) is 0 Å². The average Bonchev–Trinajstić information content (AvgIpc) is 3.35. The molecule has 2 aromatic rings. The van der Waals surface area contributed by atoms with Crippen LogP contribution in [-0.4, -0.2) is 62.0 Å². The molecule has 2 aromatic heterocycles. The maximum atomic E-state index is 13.3. The predicted molar refractivity (Wildman–Crippen MR) is 125 cm³/mol. The zero-order valence-electron chi connectivity index (χ0n) is 17.2. The summed E-state index contributed by atoms with van der Waals surface area (Å²) in [5, 5.41) is 12.2. The molecule has 0 saturated carbocycles. The molecule has 1 amide bonds. The van der Waals surface area contributed by atoms with E-state index >= 15 is 0 Å². The fraction of sp³-hybridized carbons (Fsp3) is 0.429. The summed E-state index contributed by atoms with van der Waals surface area (Å²) in [6.07, 6.45) is 5.69. The van der Waals surface area contributed by atoms with E-state index in [2.05, 4.69) is 10.3 Å². The number of carbonyl (C=O) groups excluding carboxylic acids is 1. The number of ether oxygens (including phenoxy) is 1. The lowest BCUT2D eigenvalue weighted by atomic mass is 10.2. The van der Waals surface area contributed by atoms with Gasteiger partial charge in [-0.3, -0.25) is 18.9 Å². The second-order valence-corrected chi connectivity index (χ2v) is 9.22. The number of aliphatic hydroxyl groups is 1. The van der Waals surface area contributed by atoms with E-state index < -0.39 is 0 Å². The van der Waals surface area contributed by atoms with Crippen LogP contribution in [0.25, 0.3) is 11.7 Å². The zero-order chi connectivity index (χ0) is 22.0. The number of aromatic nitrogens is 2. The van der Waals surface area contributed by atoms with Crippen LogP contribution in [0, 0.1) is 6.92 Å². The molecule has 2 fully saturated rings. The van der Waals surface area contributed by atoms with Gasteiger partial charge < -0.3 is 15.2 Å². The summed E-state index contributed by atoms with van der Waals surface area (Å²) in [6.45, 7) is 3.51. The molecule has 0 radical (unpaired) electrons. The molecule has 0 spiro atoms. The fourth-order valence-corrected chi connectivity index (χ4v) is 4.85. The summed E-state index contributed by atoms with van der Waals surface area (Å²) in [5.41, 5.74) is 1.44. The topological polar surface area (TPSA) is 96.2 Å². The number of amides is 1. The molecule has 1 atom stereocenters. The van der Waals surface area contributed by atoms with Gasteiger partial charge in [0.05, 0.1) is 23.1 Å². The van der Waals surface area contributed by atoms with Crippen molar-refractivity contribution in [2.24, 2.45) is 0 Å². The number of rotatable bonds is 7. The fourth-order valence-electron chi connectivity index (χ4n) is 3.59. The number of aryl methyl sites for hydroxylation is 1. The van der Waals surface area contributed by atoms with E-state index in [0.717, 1.165) is 18.4 Å². The van der Waals surface area contributed by atoms with Gasteiger partial charge in [-0.25, -0.2) is 4.98 Å². The molecule has 8 nitrogen and oxygen atoms in total. The minimum atomic E-state index is -0.274. The van der Waals surface area contributed by atoms with Crippen LogP contribution in [0.2, 0.25) is 0 Å². The lowest BCUT2D eigenvalue weighted by molar-refractivity contribution is -0.123. The second-order valence-electron chi connectivity index (χ2n) is 7.55. The van der Waals surface area contributed by atoms with E-state index in [0.29, 0.717) is 52.4 Å². The van der Waals surface area contributed by atoms with Crippen molar-refractivity contribution in [1.29, 1.82) is 0 Å². The maximum absolute atomic E-state index is 13.3. The highest BCUT2D eigenvalue weighted by Crippen LogP contribution is 2.34. The number of carbonyl (C=O) groups is 1. The lowest BCUT2D eigenvalue weighted by Crippen LogP contribution is -2.35. The molecule has 2 saturated heterocycles. The van der Waals surface area contributed by atoms with Crippen molar-refractivity contribution in [2.75, 3.05) is 31.6 Å². The third kappa shape index (κ3) is 4.67. The van der Waals surface area contributed by atoms with Crippen molar-refractivity contribution in [2.45, 2.75) is 32.3 Å². The number of fused-ring (bicyclic) bond motifs is 1. The molecule has 0 bridgehead atoms. The van der Waals surface area contributed by atoms with Crippen molar-refractivity contribution in [1.82, 2.24) is 14.3 Å². The average molecular weight is 461 g/mol. The Morgan fingerprint density at radius 1 is 1.42 bits per heavy atom. The van der Waals surface area contributed by atoms with E-state index in [4.69, 9.17) is 22.1 Å². The monoisotopic (exact) mass is 460 g/mol. The summed E-state index contributed by atoms with van der Waals surface area (Å²) in [7, 11) is 0. The summed E-state index contributed by atoms with van der Waals surface area (Å²) < 4.78 is 7.58. The Morgan fingerprint density at radius 2 is 2.26 bits per heavy atom. The van der Waals surface area contributed by atoms with E-state index in [1.165, 1.54) is 16.2 Å². The van der Waals surface area contributed by atoms with Crippen molar-refractivity contribution >= 4 is 51.7 Å². The van der Waals surface area contributed by atoms with Gasteiger partial charge in [0, 0.05) is 26.0 Å². The minimum Gasteiger partial charge on any atom is -0.396 e. The van der Waals surface area contributed by atoms with Crippen molar-refractivity contribution in [3.05, 3.63) is 44.7 Å². The molecule has 10 heteroatoms. The number of nitrogens with zero attached hydrogens (tertiary/aromatic N) is 3. The number of pyridine rings is 1. The highest BCUT2D eigenvalue weighted by Gasteiger charge is 2.35. The Morgan fingerprint density at radius 3 is 3.00 bits per heavy atom. The minimum absolute atomic E-state index is 0.00602. The second kappa shape index (κ2) is 9.47. The first kappa shape index (κ1) is 21.9. The molecule has 2 aliphatic heterocycles. The summed E-state index contributed by atoms with van der Waals surface area (Å²) in [4.78, 5) is 32.8. The number of thiocarbonyl (C=S) groups is 1. The molecule has 2 N–H and O–H groups in total. The van der Waals surface area contributed by atoms with Gasteiger partial charge in [-0.2, -0.15) is 0 Å². The van der Waals surface area contributed by atoms with Crippen LogP contribution in [-0.2, 0) is 9.53 Å². The number of anilines is 1. The molecule has 31 heavy (non-hydrogen) atoms. The quantitative estimate of drug-likeness (QED) is 0.369.